The Morgan fingerprint density at radius 2 is 0.952 bits per heavy atom. The molecule has 0 radical (unpaired) electrons. The summed E-state index contributed by atoms with van der Waals surface area (Å²) < 4.78 is 6.31. The number of rotatable bonds is 2. The molecule has 0 aliphatic heterocycles. The Kier molecular flexibility index (Phi) is 4.57. The van der Waals surface area contributed by atoms with Crippen LogP contribution in [0.15, 0.2) is 91.0 Å². The van der Waals surface area contributed by atoms with Crippen LogP contribution in [0.4, 0.5) is 0 Å². The molecule has 0 aromatic heterocycles. The van der Waals surface area contributed by atoms with E-state index in [-0.39, 0.29) is 0 Å². The Morgan fingerprint density at radius 1 is 0.524 bits per heavy atom. The molecule has 0 N–H and O–H groups in total. The van der Waals surface area contributed by atoms with E-state index < -0.39 is 14.7 Å². The van der Waals surface area contributed by atoms with Crippen LogP contribution < -0.4 is 8.70 Å². The summed E-state index contributed by atoms with van der Waals surface area (Å²) in [4.78, 5) is 0. The zero-order chi connectivity index (χ0) is 14.3. The summed E-state index contributed by atoms with van der Waals surface area (Å²) in [7, 11) is 0. The van der Waals surface area contributed by atoms with E-state index in [1.165, 1.54) is 8.70 Å². The van der Waals surface area contributed by atoms with Crippen molar-refractivity contribution in [2.45, 2.75) is 0 Å². The molecule has 0 aliphatic carbocycles. The zero-order valence-electron chi connectivity index (χ0n) is 11.6. The van der Waals surface area contributed by atoms with Gasteiger partial charge in [0.05, 0.1) is 0 Å². The molecule has 21 heavy (non-hydrogen) atoms. The Labute approximate surface area is 130 Å². The third-order valence-electron chi connectivity index (χ3n) is 3.11. The molecule has 0 aliphatic rings. The normalized spacial score (nSPS) is 9.95. The molecule has 1 heteroatoms. The van der Waals surface area contributed by atoms with Gasteiger partial charge in [-0.1, -0.05) is 0 Å². The molecule has 0 saturated carbocycles. The second-order valence-electron chi connectivity index (χ2n) is 4.61. The van der Waals surface area contributed by atoms with Crippen LogP contribution in [-0.4, -0.2) is 14.7 Å². The standard InChI is InChI=1S/C20H15As/c1-4-10-18(11-5-1)16-17-21(19-12-6-2-7-13-19)20-14-8-3-9-15-20/h1-15H. The van der Waals surface area contributed by atoms with E-state index in [9.17, 15) is 0 Å². The van der Waals surface area contributed by atoms with Gasteiger partial charge in [-0.2, -0.15) is 0 Å². The molecular weight excluding hydrogens is 315 g/mol. The molecule has 0 saturated heterocycles. The van der Waals surface area contributed by atoms with Gasteiger partial charge < -0.3 is 0 Å². The molecule has 0 bridgehead atoms. The Morgan fingerprint density at radius 3 is 1.43 bits per heavy atom. The third-order valence-corrected chi connectivity index (χ3v) is 7.24. The summed E-state index contributed by atoms with van der Waals surface area (Å²) in [6, 6.07) is 31.6. The molecule has 100 valence electrons. The molecule has 0 amide bonds. The summed E-state index contributed by atoms with van der Waals surface area (Å²) in [6.07, 6.45) is 0. The van der Waals surface area contributed by atoms with Crippen LogP contribution >= 0.6 is 0 Å². The Balaban J connectivity index is 2.00. The fraction of sp³-hybridized carbons (Fsp3) is 0. The van der Waals surface area contributed by atoms with Crippen molar-refractivity contribution in [1.29, 1.82) is 0 Å². The monoisotopic (exact) mass is 330 g/mol. The van der Waals surface area contributed by atoms with Crippen LogP contribution in [0.5, 0.6) is 0 Å². The Hall–Kier alpha value is -2.22. The Bertz CT molecular complexity index is 698. The van der Waals surface area contributed by atoms with Crippen LogP contribution in [0.3, 0.4) is 0 Å². The number of hydrogen-bond donors (Lipinski definition) is 0. The van der Waals surface area contributed by atoms with E-state index in [1.807, 2.05) is 18.2 Å². The van der Waals surface area contributed by atoms with Gasteiger partial charge in [0.1, 0.15) is 0 Å². The van der Waals surface area contributed by atoms with E-state index in [0.717, 1.165) is 5.56 Å². The van der Waals surface area contributed by atoms with Crippen molar-refractivity contribution in [2.75, 3.05) is 0 Å². The number of benzene rings is 3. The first kappa shape index (κ1) is 13.7. The summed E-state index contributed by atoms with van der Waals surface area (Å²) in [5, 5.41) is 0. The molecule has 0 fully saturated rings. The predicted molar refractivity (Wildman–Crippen MR) is 91.2 cm³/mol. The molecular formula is C20H15As. The quantitative estimate of drug-likeness (QED) is 0.501. The van der Waals surface area contributed by atoms with E-state index >= 15 is 0 Å². The summed E-state index contributed by atoms with van der Waals surface area (Å²) >= 11 is -1.56. The topological polar surface area (TPSA) is 0 Å². The van der Waals surface area contributed by atoms with Crippen molar-refractivity contribution in [2.24, 2.45) is 0 Å². The van der Waals surface area contributed by atoms with Gasteiger partial charge in [0.2, 0.25) is 0 Å². The average Bonchev–Trinajstić information content (AvgIpc) is 2.58. The maximum absolute atomic E-state index is 3.56. The minimum atomic E-state index is -1.56. The van der Waals surface area contributed by atoms with E-state index in [4.69, 9.17) is 0 Å². The van der Waals surface area contributed by atoms with E-state index in [2.05, 4.69) is 83.4 Å². The van der Waals surface area contributed by atoms with Crippen molar-refractivity contribution in [3.05, 3.63) is 96.6 Å². The SMILES string of the molecule is C(#C[As](c1ccccc1)c1ccccc1)c1ccccc1. The molecule has 0 spiro atoms. The van der Waals surface area contributed by atoms with E-state index in [1.54, 1.807) is 0 Å². The predicted octanol–water partition coefficient (Wildman–Crippen LogP) is 2.89. The molecule has 3 aromatic carbocycles. The second kappa shape index (κ2) is 6.98. The van der Waals surface area contributed by atoms with E-state index in [0.29, 0.717) is 0 Å². The van der Waals surface area contributed by atoms with Crippen molar-refractivity contribution < 1.29 is 0 Å². The molecule has 3 aromatic rings. The minimum absolute atomic E-state index is 1.09. The first-order valence-electron chi connectivity index (χ1n) is 6.90. The van der Waals surface area contributed by atoms with Crippen LogP contribution in [0.25, 0.3) is 0 Å². The van der Waals surface area contributed by atoms with Crippen molar-refractivity contribution in [1.82, 2.24) is 0 Å². The summed E-state index contributed by atoms with van der Waals surface area (Å²) in [5.41, 5.74) is 1.09. The third kappa shape index (κ3) is 3.66. The zero-order valence-corrected chi connectivity index (χ0v) is 13.5. The first-order valence-corrected chi connectivity index (χ1v) is 9.72. The van der Waals surface area contributed by atoms with Gasteiger partial charge >= 0.3 is 131 Å². The molecule has 0 atom stereocenters. The van der Waals surface area contributed by atoms with Crippen molar-refractivity contribution >= 4 is 23.4 Å². The summed E-state index contributed by atoms with van der Waals surface area (Å²) in [6.45, 7) is 0. The molecule has 0 heterocycles. The van der Waals surface area contributed by atoms with Gasteiger partial charge in [0.25, 0.3) is 0 Å². The van der Waals surface area contributed by atoms with Gasteiger partial charge in [0, 0.05) is 0 Å². The molecule has 0 unspecified atom stereocenters. The van der Waals surface area contributed by atoms with Crippen molar-refractivity contribution in [3.63, 3.8) is 0 Å². The van der Waals surface area contributed by atoms with Gasteiger partial charge in [0.15, 0.2) is 0 Å². The van der Waals surface area contributed by atoms with Crippen LogP contribution in [-0.2, 0) is 0 Å². The van der Waals surface area contributed by atoms with Crippen LogP contribution in [0, 0.1) is 10.6 Å². The molecule has 3 rings (SSSR count). The maximum atomic E-state index is 3.56. The number of hydrogen-bond acceptors (Lipinski definition) is 0. The van der Waals surface area contributed by atoms with Gasteiger partial charge in [-0.15, -0.1) is 0 Å². The first-order chi connectivity index (χ1) is 10.4. The average molecular weight is 330 g/mol. The van der Waals surface area contributed by atoms with Gasteiger partial charge in [-0.05, 0) is 0 Å². The fourth-order valence-electron chi connectivity index (χ4n) is 2.07. The summed E-state index contributed by atoms with van der Waals surface area (Å²) in [5.74, 6) is 3.36. The van der Waals surface area contributed by atoms with Gasteiger partial charge in [-0.25, -0.2) is 0 Å². The second-order valence-corrected chi connectivity index (χ2v) is 8.65. The van der Waals surface area contributed by atoms with Crippen LogP contribution in [0.1, 0.15) is 5.56 Å². The van der Waals surface area contributed by atoms with Crippen LogP contribution in [0.2, 0.25) is 0 Å². The van der Waals surface area contributed by atoms with Crippen molar-refractivity contribution in [3.8, 4) is 10.6 Å². The molecule has 0 nitrogen and oxygen atoms in total. The van der Waals surface area contributed by atoms with Gasteiger partial charge in [-0.3, -0.25) is 0 Å². The fourth-order valence-corrected chi connectivity index (χ4v) is 5.72.